The molecule has 0 aliphatic rings. The molecule has 0 heterocycles. The van der Waals surface area contributed by atoms with Gasteiger partial charge in [0.15, 0.2) is 0 Å². The van der Waals surface area contributed by atoms with Gasteiger partial charge in [-0.05, 0) is 0 Å². The second-order valence-electron chi connectivity index (χ2n) is 0. The number of rotatable bonds is 0. The van der Waals surface area contributed by atoms with Crippen LogP contribution in [0.3, 0.4) is 0 Å². The maximum Gasteiger partial charge on any atom is 2.00 e. The van der Waals surface area contributed by atoms with Crippen molar-refractivity contribution in [3.8, 4) is 0 Å². The molecular formula is Se3Zn3. The molecule has 0 unspecified atom stereocenters. The Balaban J connectivity index is 0. The molecule has 6 heteroatoms. The predicted octanol–water partition coefficient (Wildman–Crippen LogP) is -1.15. The molecule has 0 atom stereocenters. The molecule has 6 heavy (non-hydrogen) atoms. The van der Waals surface area contributed by atoms with Crippen LogP contribution in [0.15, 0.2) is 0 Å². The van der Waals surface area contributed by atoms with Gasteiger partial charge in [0.25, 0.3) is 0 Å². The largest absolute Gasteiger partial charge is 2.00 e. The first kappa shape index (κ1) is 57.0. The molecule has 24 valence electrons. The molecule has 0 saturated carbocycles. The fourth-order valence-corrected chi connectivity index (χ4v) is 0. The summed E-state index contributed by atoms with van der Waals surface area (Å²) in [4.78, 5) is 0. The van der Waals surface area contributed by atoms with E-state index < -0.39 is 0 Å². The zero-order valence-corrected chi connectivity index (χ0v) is 17.4. The van der Waals surface area contributed by atoms with Gasteiger partial charge in [0.2, 0.25) is 0 Å². The van der Waals surface area contributed by atoms with Crippen molar-refractivity contribution in [2.45, 2.75) is 0 Å². The third-order valence-electron chi connectivity index (χ3n) is 0. The maximum absolute atomic E-state index is 0. The monoisotopic (exact) mass is 432 g/mol. The SMILES string of the molecule is [Se-2].[Se-2].[Se-2].[Zn+2].[Zn+2].[Zn+2]. The van der Waals surface area contributed by atoms with Crippen molar-refractivity contribution in [1.29, 1.82) is 0 Å². The minimum Gasteiger partial charge on any atom is -2.00 e. The van der Waals surface area contributed by atoms with Crippen LogP contribution in [-0.2, 0) is 58.4 Å². The van der Waals surface area contributed by atoms with Gasteiger partial charge in [0.05, 0.1) is 0 Å². The van der Waals surface area contributed by atoms with E-state index in [-0.39, 0.29) is 110 Å². The van der Waals surface area contributed by atoms with Gasteiger partial charge in [-0.3, -0.25) is 0 Å². The van der Waals surface area contributed by atoms with Crippen LogP contribution in [0.5, 0.6) is 0 Å². The third kappa shape index (κ3) is 26.1. The van der Waals surface area contributed by atoms with E-state index in [1.54, 1.807) is 0 Å². The summed E-state index contributed by atoms with van der Waals surface area (Å²) < 4.78 is 0. The molecule has 0 aliphatic heterocycles. The summed E-state index contributed by atoms with van der Waals surface area (Å²) in [6.45, 7) is 0. The van der Waals surface area contributed by atoms with Gasteiger partial charge in [-0.25, -0.2) is 0 Å². The molecule has 0 aromatic carbocycles. The molecule has 0 aliphatic carbocycles. The zero-order valence-electron chi connectivity index (χ0n) is 3.35. The van der Waals surface area contributed by atoms with Crippen molar-refractivity contribution in [2.24, 2.45) is 0 Å². The molecule has 0 bridgehead atoms. The van der Waals surface area contributed by atoms with Crippen molar-refractivity contribution in [3.05, 3.63) is 0 Å². The van der Waals surface area contributed by atoms with E-state index in [4.69, 9.17) is 0 Å². The minimum atomic E-state index is 0. The molecular weight excluding hydrogens is 433 g/mol. The molecule has 0 fully saturated rings. The summed E-state index contributed by atoms with van der Waals surface area (Å²) in [6.07, 6.45) is 0. The molecule has 0 nitrogen and oxygen atoms in total. The summed E-state index contributed by atoms with van der Waals surface area (Å²) in [5, 5.41) is 0. The Hall–Kier alpha value is 3.43. The Morgan fingerprint density at radius 3 is 0.333 bits per heavy atom. The summed E-state index contributed by atoms with van der Waals surface area (Å²) in [5.74, 6) is 0. The predicted molar refractivity (Wildman–Crippen MR) is 17.3 cm³/mol. The van der Waals surface area contributed by atoms with Crippen LogP contribution < -0.4 is 0 Å². The minimum absolute atomic E-state index is 0. The van der Waals surface area contributed by atoms with Gasteiger partial charge in [-0.15, -0.1) is 0 Å². The average Bonchev–Trinajstić information content (AvgIpc) is 0. The smallest absolute Gasteiger partial charge is 2.00 e. The Kier molecular flexibility index (Phi) is 376. The third-order valence-corrected chi connectivity index (χ3v) is 0. The zero-order chi connectivity index (χ0) is 0. The van der Waals surface area contributed by atoms with E-state index in [2.05, 4.69) is 0 Å². The van der Waals surface area contributed by atoms with Crippen LogP contribution in [0, 0.1) is 0 Å². The summed E-state index contributed by atoms with van der Waals surface area (Å²) in [6, 6.07) is 0. The summed E-state index contributed by atoms with van der Waals surface area (Å²) in [7, 11) is 0. The molecule has 0 aromatic heterocycles. The molecule has 0 amide bonds. The van der Waals surface area contributed by atoms with Gasteiger partial charge < -0.3 is 51.2 Å². The normalized spacial score (nSPS) is 0. The van der Waals surface area contributed by atoms with Crippen LogP contribution in [0.25, 0.3) is 0 Å². The van der Waals surface area contributed by atoms with Crippen molar-refractivity contribution in [1.82, 2.24) is 0 Å². The first-order valence-electron chi connectivity index (χ1n) is 0. The molecule has 0 aromatic rings. The van der Waals surface area contributed by atoms with Crippen LogP contribution in [0.2, 0.25) is 0 Å². The Labute approximate surface area is 108 Å². The molecule has 0 saturated heterocycles. The van der Waals surface area contributed by atoms with E-state index in [0.717, 1.165) is 0 Å². The fourth-order valence-electron chi connectivity index (χ4n) is 0. The topological polar surface area (TPSA) is 0 Å². The fraction of sp³-hybridized carbons (Fsp3) is 0. The van der Waals surface area contributed by atoms with Crippen molar-refractivity contribution in [3.63, 3.8) is 0 Å². The van der Waals surface area contributed by atoms with Gasteiger partial charge >= 0.3 is 58.4 Å². The van der Waals surface area contributed by atoms with E-state index in [9.17, 15) is 0 Å². The van der Waals surface area contributed by atoms with Crippen LogP contribution in [0.4, 0.5) is 0 Å². The van der Waals surface area contributed by atoms with E-state index >= 15 is 0 Å². The Morgan fingerprint density at radius 1 is 0.333 bits per heavy atom. The second kappa shape index (κ2) is 39.6. The number of hydrogen-bond acceptors (Lipinski definition) is 0. The molecule has 0 N–H and O–H groups in total. The average molecular weight is 433 g/mol. The van der Waals surface area contributed by atoms with Crippen molar-refractivity contribution >= 4 is 51.2 Å². The maximum atomic E-state index is 0. The Bertz CT molecular complexity index is 6.00. The first-order chi connectivity index (χ1) is 0. The van der Waals surface area contributed by atoms with Gasteiger partial charge in [-0.1, -0.05) is 0 Å². The van der Waals surface area contributed by atoms with Gasteiger partial charge in [0.1, 0.15) is 0 Å². The van der Waals surface area contributed by atoms with E-state index in [1.165, 1.54) is 0 Å². The van der Waals surface area contributed by atoms with Crippen LogP contribution in [-0.4, -0.2) is 51.2 Å². The van der Waals surface area contributed by atoms with E-state index in [0.29, 0.717) is 0 Å². The van der Waals surface area contributed by atoms with Crippen LogP contribution in [0.1, 0.15) is 0 Å². The molecule has 0 spiro atoms. The quantitative estimate of drug-likeness (QED) is 0.424. The second-order valence-corrected chi connectivity index (χ2v) is 0. The Morgan fingerprint density at radius 2 is 0.333 bits per heavy atom. The van der Waals surface area contributed by atoms with Crippen molar-refractivity contribution in [2.75, 3.05) is 0 Å². The number of hydrogen-bond donors (Lipinski definition) is 0. The van der Waals surface area contributed by atoms with Crippen LogP contribution >= 0.6 is 0 Å². The standard InChI is InChI=1S/3Se.3Zn/q3*-2;3*+2. The molecule has 0 radical (unpaired) electrons. The van der Waals surface area contributed by atoms with Gasteiger partial charge in [-0.2, -0.15) is 0 Å². The van der Waals surface area contributed by atoms with Crippen molar-refractivity contribution < 1.29 is 58.4 Å². The molecule has 0 rings (SSSR count). The summed E-state index contributed by atoms with van der Waals surface area (Å²) >= 11 is 0. The van der Waals surface area contributed by atoms with Gasteiger partial charge in [0, 0.05) is 0 Å². The first-order valence-corrected chi connectivity index (χ1v) is 0. The van der Waals surface area contributed by atoms with E-state index in [1.807, 2.05) is 0 Å². The summed E-state index contributed by atoms with van der Waals surface area (Å²) in [5.41, 5.74) is 0.